The Balaban J connectivity index is 1.77. The zero-order chi connectivity index (χ0) is 23.1. The Hall–Kier alpha value is -1.31. The number of hydrogen-bond acceptors (Lipinski definition) is 2. The van der Waals surface area contributed by atoms with E-state index < -0.39 is 40.3 Å². The summed E-state index contributed by atoms with van der Waals surface area (Å²) in [6, 6.07) is 8.85. The Bertz CT molecular complexity index is 1030. The molecule has 1 fully saturated rings. The van der Waals surface area contributed by atoms with Crippen molar-refractivity contribution in [1.29, 1.82) is 0 Å². The number of carbonyl (C=O) groups is 2. The van der Waals surface area contributed by atoms with Crippen molar-refractivity contribution in [3.8, 4) is 0 Å². The number of halogens is 7. The molecule has 2 N–H and O–H groups in total. The summed E-state index contributed by atoms with van der Waals surface area (Å²) in [7, 11) is 0. The van der Waals surface area contributed by atoms with Gasteiger partial charge in [0.25, 0.3) is 5.91 Å². The molecule has 4 nitrogen and oxygen atoms in total. The minimum atomic E-state index is -3.56. The maximum atomic E-state index is 13.6. The SMILES string of the molecule is CCC(F)(F)C(=O)Nc1cc(NC(=O)C2C(c3cc(Cl)cc(Cl)c3)C2(Cl)Cl)ccc1Cl. The minimum Gasteiger partial charge on any atom is -0.326 e. The largest absolute Gasteiger partial charge is 0.326 e. The van der Waals surface area contributed by atoms with E-state index in [-0.39, 0.29) is 16.4 Å². The second-order valence-electron chi connectivity index (χ2n) is 7.03. The number of carbonyl (C=O) groups excluding carboxylic acids is 2. The van der Waals surface area contributed by atoms with Crippen LogP contribution < -0.4 is 10.6 Å². The highest BCUT2D eigenvalue weighted by atomic mass is 35.5. The number of hydrogen-bond donors (Lipinski definition) is 2. The van der Waals surface area contributed by atoms with Crippen molar-refractivity contribution in [3.05, 3.63) is 57.0 Å². The summed E-state index contributed by atoms with van der Waals surface area (Å²) in [5, 5.41) is 5.46. The van der Waals surface area contributed by atoms with Crippen molar-refractivity contribution >= 4 is 81.2 Å². The fourth-order valence-corrected chi connectivity index (χ4v) is 4.65. The molecule has 0 spiro atoms. The Morgan fingerprint density at radius 2 is 1.65 bits per heavy atom. The highest BCUT2D eigenvalue weighted by Gasteiger charge is 2.67. The molecule has 2 aromatic rings. The molecular formula is C20H15Cl5F2N2O2. The van der Waals surface area contributed by atoms with Crippen molar-refractivity contribution < 1.29 is 18.4 Å². The second-order valence-corrected chi connectivity index (χ2v) is 9.75. The lowest BCUT2D eigenvalue weighted by Crippen LogP contribution is -2.33. The zero-order valence-electron chi connectivity index (χ0n) is 15.8. The number of benzene rings is 2. The zero-order valence-corrected chi connectivity index (χ0v) is 19.6. The van der Waals surface area contributed by atoms with E-state index in [4.69, 9.17) is 58.0 Å². The van der Waals surface area contributed by atoms with Gasteiger partial charge in [-0.2, -0.15) is 8.78 Å². The van der Waals surface area contributed by atoms with Gasteiger partial charge in [-0.25, -0.2) is 0 Å². The number of anilines is 2. The molecular weight excluding hydrogens is 515 g/mol. The van der Waals surface area contributed by atoms with E-state index in [0.29, 0.717) is 15.6 Å². The van der Waals surface area contributed by atoms with Crippen LogP contribution in [-0.2, 0) is 9.59 Å². The first-order valence-electron chi connectivity index (χ1n) is 9.00. The molecule has 1 aliphatic carbocycles. The van der Waals surface area contributed by atoms with Crippen molar-refractivity contribution in [3.63, 3.8) is 0 Å². The molecule has 0 heterocycles. The van der Waals surface area contributed by atoms with E-state index in [1.807, 2.05) is 0 Å². The van der Waals surface area contributed by atoms with Crippen LogP contribution in [0.5, 0.6) is 0 Å². The van der Waals surface area contributed by atoms with Gasteiger partial charge in [-0.05, 0) is 42.0 Å². The molecule has 11 heteroatoms. The van der Waals surface area contributed by atoms with E-state index in [9.17, 15) is 18.4 Å². The molecule has 0 radical (unpaired) electrons. The fourth-order valence-electron chi connectivity index (χ4n) is 3.12. The predicted octanol–water partition coefficient (Wildman–Crippen LogP) is 7.16. The first kappa shape index (κ1) is 24.3. The van der Waals surface area contributed by atoms with Crippen LogP contribution in [0.25, 0.3) is 0 Å². The van der Waals surface area contributed by atoms with Gasteiger partial charge in [0, 0.05) is 28.1 Å². The molecule has 2 atom stereocenters. The quantitative estimate of drug-likeness (QED) is 0.390. The summed E-state index contributed by atoms with van der Waals surface area (Å²) in [5.74, 6) is -6.94. The van der Waals surface area contributed by atoms with E-state index in [2.05, 4.69) is 10.6 Å². The predicted molar refractivity (Wildman–Crippen MR) is 121 cm³/mol. The van der Waals surface area contributed by atoms with Gasteiger partial charge in [0.2, 0.25) is 5.91 Å². The molecule has 1 saturated carbocycles. The number of amides is 2. The summed E-state index contributed by atoms with van der Waals surface area (Å²) in [5.41, 5.74) is 0.742. The summed E-state index contributed by atoms with van der Waals surface area (Å²) in [6.07, 6.45) is -0.670. The molecule has 0 aliphatic heterocycles. The van der Waals surface area contributed by atoms with Crippen LogP contribution in [0, 0.1) is 5.92 Å². The van der Waals surface area contributed by atoms with Crippen LogP contribution in [0.2, 0.25) is 15.1 Å². The van der Waals surface area contributed by atoms with Gasteiger partial charge in [-0.15, -0.1) is 23.2 Å². The first-order valence-corrected chi connectivity index (χ1v) is 10.9. The Kier molecular flexibility index (Phi) is 6.99. The third-order valence-electron chi connectivity index (χ3n) is 4.84. The molecule has 166 valence electrons. The number of nitrogens with one attached hydrogen (secondary N) is 2. The molecule has 2 unspecified atom stereocenters. The van der Waals surface area contributed by atoms with Crippen molar-refractivity contribution in [2.45, 2.75) is 29.5 Å². The summed E-state index contributed by atoms with van der Waals surface area (Å²) in [6.45, 7) is 1.18. The average Bonchev–Trinajstić information content (AvgIpc) is 3.25. The lowest BCUT2D eigenvalue weighted by molar-refractivity contribution is -0.139. The second kappa shape index (κ2) is 8.91. The monoisotopic (exact) mass is 528 g/mol. The van der Waals surface area contributed by atoms with Crippen molar-refractivity contribution in [1.82, 2.24) is 0 Å². The van der Waals surface area contributed by atoms with Crippen LogP contribution in [-0.4, -0.2) is 22.1 Å². The van der Waals surface area contributed by atoms with Gasteiger partial charge >= 0.3 is 5.92 Å². The third kappa shape index (κ3) is 5.20. The Morgan fingerprint density at radius 3 is 2.23 bits per heavy atom. The van der Waals surface area contributed by atoms with E-state index in [0.717, 1.165) is 0 Å². The van der Waals surface area contributed by atoms with Crippen LogP contribution in [0.3, 0.4) is 0 Å². The van der Waals surface area contributed by atoms with E-state index >= 15 is 0 Å². The smallest absolute Gasteiger partial charge is 0.324 e. The van der Waals surface area contributed by atoms with Crippen LogP contribution in [0.15, 0.2) is 36.4 Å². The van der Waals surface area contributed by atoms with Gasteiger partial charge in [0.05, 0.1) is 16.6 Å². The molecule has 0 saturated heterocycles. The van der Waals surface area contributed by atoms with Gasteiger partial charge in [0.15, 0.2) is 0 Å². The van der Waals surface area contributed by atoms with Gasteiger partial charge in [0.1, 0.15) is 4.33 Å². The Labute approximate surface area is 202 Å². The van der Waals surface area contributed by atoms with Gasteiger partial charge in [-0.1, -0.05) is 41.7 Å². The maximum absolute atomic E-state index is 13.6. The third-order valence-corrected chi connectivity index (χ3v) is 6.54. The van der Waals surface area contributed by atoms with E-state index in [1.54, 1.807) is 18.2 Å². The molecule has 31 heavy (non-hydrogen) atoms. The molecule has 2 aromatic carbocycles. The fraction of sp³-hybridized carbons (Fsp3) is 0.300. The highest BCUT2D eigenvalue weighted by Crippen LogP contribution is 2.65. The first-order chi connectivity index (χ1) is 14.4. The molecule has 3 rings (SSSR count). The number of alkyl halides is 4. The molecule has 1 aliphatic rings. The molecule has 2 amide bonds. The van der Waals surface area contributed by atoms with Crippen LogP contribution in [0.1, 0.15) is 24.8 Å². The lowest BCUT2D eigenvalue weighted by Gasteiger charge is -2.15. The van der Waals surface area contributed by atoms with Crippen molar-refractivity contribution in [2.75, 3.05) is 10.6 Å². The van der Waals surface area contributed by atoms with Gasteiger partial charge in [-0.3, -0.25) is 9.59 Å². The Morgan fingerprint density at radius 1 is 1.03 bits per heavy atom. The summed E-state index contributed by atoms with van der Waals surface area (Å²) < 4.78 is 25.7. The van der Waals surface area contributed by atoms with Crippen LogP contribution in [0.4, 0.5) is 20.2 Å². The standard InChI is InChI=1S/C20H15Cl5F2N2O2/c1-2-19(26,27)18(31)29-14-8-12(3-4-13(14)23)28-17(30)16-15(20(16,24)25)9-5-10(21)7-11(22)6-9/h3-8,15-16H,2H2,1H3,(H,28,30)(H,29,31). The van der Waals surface area contributed by atoms with Crippen LogP contribution >= 0.6 is 58.0 Å². The normalized spacial score (nSPS) is 19.6. The molecule has 0 bridgehead atoms. The van der Waals surface area contributed by atoms with Crippen molar-refractivity contribution in [2.24, 2.45) is 5.92 Å². The highest BCUT2D eigenvalue weighted by molar-refractivity contribution is 6.53. The summed E-state index contributed by atoms with van der Waals surface area (Å²) in [4.78, 5) is 24.5. The maximum Gasteiger partial charge on any atom is 0.324 e. The average molecular weight is 531 g/mol. The number of rotatable bonds is 6. The molecule has 0 aromatic heterocycles. The lowest BCUT2D eigenvalue weighted by atomic mass is 10.1. The minimum absolute atomic E-state index is 0.0279. The summed E-state index contributed by atoms with van der Waals surface area (Å²) >= 11 is 30.7. The van der Waals surface area contributed by atoms with E-state index in [1.165, 1.54) is 25.1 Å². The topological polar surface area (TPSA) is 58.2 Å². The van der Waals surface area contributed by atoms with Gasteiger partial charge < -0.3 is 10.6 Å².